The number of methoxy groups -OCH3 is 1. The Morgan fingerprint density at radius 1 is 1.26 bits per heavy atom. The molecule has 0 saturated carbocycles. The summed E-state index contributed by atoms with van der Waals surface area (Å²) in [6.07, 6.45) is -0.750. The molecular formula is C18H17N5O4. The number of fused-ring (bicyclic) bond motifs is 1. The van der Waals surface area contributed by atoms with Gasteiger partial charge in [-0.1, -0.05) is 12.1 Å². The second-order valence-electron chi connectivity index (χ2n) is 5.88. The maximum Gasteiger partial charge on any atom is 0.269 e. The van der Waals surface area contributed by atoms with Gasteiger partial charge in [0.2, 0.25) is 6.10 Å². The molecule has 9 nitrogen and oxygen atoms in total. The Balaban J connectivity index is 1.55. The number of benzene rings is 2. The highest BCUT2D eigenvalue weighted by atomic mass is 16.6. The zero-order valence-corrected chi connectivity index (χ0v) is 14.7. The SMILES string of the molecule is COc1ccc(NC(=O)C2COc3ccccc3O2)cc1-n1nnnc1C. The Morgan fingerprint density at radius 3 is 2.81 bits per heavy atom. The fourth-order valence-electron chi connectivity index (χ4n) is 2.76. The number of tetrazole rings is 1. The highest BCUT2D eigenvalue weighted by molar-refractivity contribution is 5.95. The number of nitrogens with zero attached hydrogens (tertiary/aromatic N) is 4. The summed E-state index contributed by atoms with van der Waals surface area (Å²) in [5, 5.41) is 14.3. The van der Waals surface area contributed by atoms with Crippen molar-refractivity contribution in [2.45, 2.75) is 13.0 Å². The minimum absolute atomic E-state index is 0.137. The van der Waals surface area contributed by atoms with E-state index in [9.17, 15) is 4.79 Å². The van der Waals surface area contributed by atoms with E-state index in [1.165, 1.54) is 4.68 Å². The predicted octanol–water partition coefficient (Wildman–Crippen LogP) is 1.76. The zero-order chi connectivity index (χ0) is 18.8. The normalized spacial score (nSPS) is 15.3. The molecule has 0 aliphatic carbocycles. The first-order valence-electron chi connectivity index (χ1n) is 8.28. The van der Waals surface area contributed by atoms with E-state index in [1.54, 1.807) is 44.4 Å². The lowest BCUT2D eigenvalue weighted by atomic mass is 10.2. The highest BCUT2D eigenvalue weighted by Gasteiger charge is 2.27. The van der Waals surface area contributed by atoms with Crippen LogP contribution in [0.4, 0.5) is 5.69 Å². The van der Waals surface area contributed by atoms with Gasteiger partial charge in [-0.3, -0.25) is 4.79 Å². The minimum atomic E-state index is -0.750. The number of aryl methyl sites for hydroxylation is 1. The van der Waals surface area contributed by atoms with E-state index in [-0.39, 0.29) is 12.5 Å². The molecule has 1 aliphatic rings. The van der Waals surface area contributed by atoms with E-state index < -0.39 is 6.10 Å². The molecule has 0 spiro atoms. The number of ether oxygens (including phenoxy) is 3. The number of rotatable bonds is 4. The van der Waals surface area contributed by atoms with Crippen LogP contribution in [0, 0.1) is 6.92 Å². The Bertz CT molecular complexity index is 987. The van der Waals surface area contributed by atoms with E-state index in [4.69, 9.17) is 14.2 Å². The number of anilines is 1. The predicted molar refractivity (Wildman–Crippen MR) is 95.4 cm³/mol. The molecular weight excluding hydrogens is 350 g/mol. The number of hydrogen-bond acceptors (Lipinski definition) is 7. The smallest absolute Gasteiger partial charge is 0.269 e. The second kappa shape index (κ2) is 6.94. The number of aromatic nitrogens is 4. The maximum atomic E-state index is 12.6. The van der Waals surface area contributed by atoms with Gasteiger partial charge in [-0.2, -0.15) is 4.68 Å². The van der Waals surface area contributed by atoms with Crippen molar-refractivity contribution in [2.75, 3.05) is 19.0 Å². The van der Waals surface area contributed by atoms with Crippen molar-refractivity contribution in [3.05, 3.63) is 48.3 Å². The minimum Gasteiger partial charge on any atom is -0.494 e. The molecule has 0 fully saturated rings. The van der Waals surface area contributed by atoms with Crippen LogP contribution in [0.25, 0.3) is 5.69 Å². The Labute approximate surface area is 154 Å². The molecule has 2 aromatic carbocycles. The first-order chi connectivity index (χ1) is 13.2. The van der Waals surface area contributed by atoms with Gasteiger partial charge in [0.1, 0.15) is 18.0 Å². The lowest BCUT2D eigenvalue weighted by Crippen LogP contribution is -2.40. The Kier molecular flexibility index (Phi) is 4.33. The molecule has 3 aromatic rings. The summed E-state index contributed by atoms with van der Waals surface area (Å²) in [6, 6.07) is 12.4. The third-order valence-electron chi connectivity index (χ3n) is 4.10. The summed E-state index contributed by atoms with van der Waals surface area (Å²) < 4.78 is 18.2. The van der Waals surface area contributed by atoms with E-state index >= 15 is 0 Å². The van der Waals surface area contributed by atoms with Gasteiger partial charge >= 0.3 is 0 Å². The van der Waals surface area contributed by atoms with Crippen LogP contribution in [-0.4, -0.2) is 45.9 Å². The molecule has 1 aliphatic heterocycles. The summed E-state index contributed by atoms with van der Waals surface area (Å²) in [5.41, 5.74) is 1.18. The molecule has 138 valence electrons. The lowest BCUT2D eigenvalue weighted by Gasteiger charge is -2.25. The van der Waals surface area contributed by atoms with Gasteiger partial charge < -0.3 is 19.5 Å². The Morgan fingerprint density at radius 2 is 2.07 bits per heavy atom. The van der Waals surface area contributed by atoms with Crippen molar-refractivity contribution in [1.82, 2.24) is 20.2 Å². The number of nitrogens with one attached hydrogen (secondary N) is 1. The molecule has 2 heterocycles. The molecule has 0 radical (unpaired) electrons. The standard InChI is InChI=1S/C18H17N5O4/c1-11-20-21-22-23(11)13-9-12(7-8-14(13)25-2)19-18(24)17-10-26-15-5-3-4-6-16(15)27-17/h3-9,17H,10H2,1-2H3,(H,19,24). The monoisotopic (exact) mass is 367 g/mol. The van der Waals surface area contributed by atoms with Crippen LogP contribution in [-0.2, 0) is 4.79 Å². The molecule has 1 unspecified atom stereocenters. The average molecular weight is 367 g/mol. The molecule has 1 aromatic heterocycles. The van der Waals surface area contributed by atoms with Gasteiger partial charge in [0.05, 0.1) is 7.11 Å². The first-order valence-corrected chi connectivity index (χ1v) is 8.28. The number of carbonyl (C=O) groups is 1. The van der Waals surface area contributed by atoms with Crippen molar-refractivity contribution in [1.29, 1.82) is 0 Å². The fourth-order valence-corrected chi connectivity index (χ4v) is 2.76. The van der Waals surface area contributed by atoms with Crippen molar-refractivity contribution < 1.29 is 19.0 Å². The number of carbonyl (C=O) groups excluding carboxylic acids is 1. The summed E-state index contributed by atoms with van der Waals surface area (Å²) in [6.45, 7) is 1.91. The summed E-state index contributed by atoms with van der Waals surface area (Å²) >= 11 is 0. The largest absolute Gasteiger partial charge is 0.494 e. The van der Waals surface area contributed by atoms with Crippen molar-refractivity contribution in [2.24, 2.45) is 0 Å². The highest BCUT2D eigenvalue weighted by Crippen LogP contribution is 2.31. The number of para-hydroxylation sites is 2. The van der Waals surface area contributed by atoms with Gasteiger partial charge in [0, 0.05) is 5.69 Å². The molecule has 1 N–H and O–H groups in total. The van der Waals surface area contributed by atoms with Crippen LogP contribution < -0.4 is 19.5 Å². The van der Waals surface area contributed by atoms with Crippen LogP contribution in [0.2, 0.25) is 0 Å². The van der Waals surface area contributed by atoms with Crippen LogP contribution in [0.5, 0.6) is 17.2 Å². The Hall–Kier alpha value is -3.62. The lowest BCUT2D eigenvalue weighted by molar-refractivity contribution is -0.125. The molecule has 1 amide bonds. The average Bonchev–Trinajstić information content (AvgIpc) is 3.13. The maximum absolute atomic E-state index is 12.6. The van der Waals surface area contributed by atoms with Gasteiger partial charge in [0.15, 0.2) is 17.3 Å². The van der Waals surface area contributed by atoms with Gasteiger partial charge in [-0.25, -0.2) is 0 Å². The topological polar surface area (TPSA) is 100 Å². The summed E-state index contributed by atoms with van der Waals surface area (Å²) in [4.78, 5) is 12.6. The summed E-state index contributed by atoms with van der Waals surface area (Å²) in [7, 11) is 1.56. The number of amides is 1. The molecule has 1 atom stereocenters. The summed E-state index contributed by atoms with van der Waals surface area (Å²) in [5.74, 6) is 2.03. The van der Waals surface area contributed by atoms with E-state index in [0.29, 0.717) is 34.4 Å². The zero-order valence-electron chi connectivity index (χ0n) is 14.7. The second-order valence-corrected chi connectivity index (χ2v) is 5.88. The third kappa shape index (κ3) is 3.26. The van der Waals surface area contributed by atoms with Crippen LogP contribution in [0.3, 0.4) is 0 Å². The molecule has 4 rings (SSSR count). The molecule has 0 saturated heterocycles. The van der Waals surface area contributed by atoms with E-state index in [2.05, 4.69) is 20.8 Å². The van der Waals surface area contributed by atoms with Crippen LogP contribution >= 0.6 is 0 Å². The van der Waals surface area contributed by atoms with Gasteiger partial charge in [-0.15, -0.1) is 5.10 Å². The molecule has 27 heavy (non-hydrogen) atoms. The van der Waals surface area contributed by atoms with Crippen molar-refractivity contribution >= 4 is 11.6 Å². The third-order valence-corrected chi connectivity index (χ3v) is 4.10. The quantitative estimate of drug-likeness (QED) is 0.750. The van der Waals surface area contributed by atoms with E-state index in [1.807, 2.05) is 12.1 Å². The molecule has 9 heteroatoms. The van der Waals surface area contributed by atoms with Gasteiger partial charge in [-0.05, 0) is 47.7 Å². The van der Waals surface area contributed by atoms with Gasteiger partial charge in [0.25, 0.3) is 5.91 Å². The molecule has 0 bridgehead atoms. The fraction of sp³-hybridized carbons (Fsp3) is 0.222. The van der Waals surface area contributed by atoms with Crippen LogP contribution in [0.1, 0.15) is 5.82 Å². The van der Waals surface area contributed by atoms with E-state index in [0.717, 1.165) is 0 Å². The van der Waals surface area contributed by atoms with Crippen molar-refractivity contribution in [3.63, 3.8) is 0 Å². The van der Waals surface area contributed by atoms with Crippen LogP contribution in [0.15, 0.2) is 42.5 Å². The van der Waals surface area contributed by atoms with Crippen molar-refractivity contribution in [3.8, 4) is 22.9 Å². The number of hydrogen-bond donors (Lipinski definition) is 1. The first kappa shape index (κ1) is 16.8.